The molecule has 0 saturated carbocycles. The summed E-state index contributed by atoms with van der Waals surface area (Å²) in [5, 5.41) is 12.7. The average molecular weight is 334 g/mol. The predicted molar refractivity (Wildman–Crippen MR) is 76.4 cm³/mol. The van der Waals surface area contributed by atoms with Crippen LogP contribution in [0.4, 0.5) is 5.69 Å². The van der Waals surface area contributed by atoms with E-state index in [0.29, 0.717) is 19.5 Å². The van der Waals surface area contributed by atoms with Crippen LogP contribution in [0.15, 0.2) is 27.8 Å². The molecule has 1 aromatic carbocycles. The molecule has 114 valence electrons. The zero-order chi connectivity index (χ0) is 14.3. The number of oxazole rings is 1. The molecule has 8 nitrogen and oxygen atoms in total. The normalized spacial score (nSPS) is 18.6. The lowest BCUT2D eigenvalue weighted by Crippen LogP contribution is -2.24. The van der Waals surface area contributed by atoms with Gasteiger partial charge in [-0.3, -0.25) is 10.1 Å². The maximum absolute atomic E-state index is 12.3. The number of benzene rings is 1. The molecule has 1 N–H and O–H groups in total. The second-order valence-electron chi connectivity index (χ2n) is 4.55. The van der Waals surface area contributed by atoms with E-state index in [-0.39, 0.29) is 34.4 Å². The first-order chi connectivity index (χ1) is 9.48. The molecule has 21 heavy (non-hydrogen) atoms. The number of nitro groups is 1. The molecule has 1 aromatic heterocycles. The van der Waals surface area contributed by atoms with E-state index in [2.05, 4.69) is 10.3 Å². The molecular formula is C11H12ClN3O5S. The van der Waals surface area contributed by atoms with Crippen molar-refractivity contribution in [1.29, 1.82) is 0 Å². The minimum absolute atomic E-state index is 0. The van der Waals surface area contributed by atoms with Crippen LogP contribution in [-0.4, -0.2) is 36.7 Å². The van der Waals surface area contributed by atoms with Crippen molar-refractivity contribution in [3.05, 3.63) is 28.3 Å². The highest BCUT2D eigenvalue weighted by molar-refractivity contribution is 7.91. The number of rotatable bonds is 3. The molecule has 0 amide bonds. The minimum atomic E-state index is -3.64. The lowest BCUT2D eigenvalue weighted by Gasteiger charge is -2.05. The molecule has 1 saturated heterocycles. The number of fused-ring (bicyclic) bond motifs is 1. The lowest BCUT2D eigenvalue weighted by molar-refractivity contribution is -0.384. The summed E-state index contributed by atoms with van der Waals surface area (Å²) >= 11 is 0. The number of halogens is 1. The molecule has 0 bridgehead atoms. The maximum Gasteiger partial charge on any atom is 0.316 e. The minimum Gasteiger partial charge on any atom is -0.428 e. The summed E-state index contributed by atoms with van der Waals surface area (Å²) in [5.41, 5.74) is 0.237. The van der Waals surface area contributed by atoms with Gasteiger partial charge in [-0.15, -0.1) is 12.4 Å². The van der Waals surface area contributed by atoms with Gasteiger partial charge < -0.3 is 9.73 Å². The quantitative estimate of drug-likeness (QED) is 0.664. The predicted octanol–water partition coefficient (Wildman–Crippen LogP) is 1.29. The molecule has 10 heteroatoms. The van der Waals surface area contributed by atoms with Crippen molar-refractivity contribution < 1.29 is 17.8 Å². The zero-order valence-corrected chi connectivity index (χ0v) is 12.3. The van der Waals surface area contributed by atoms with Crippen molar-refractivity contribution in [2.24, 2.45) is 0 Å². The summed E-state index contributed by atoms with van der Waals surface area (Å²) in [6.07, 6.45) is 0.501. The first-order valence-electron chi connectivity index (χ1n) is 5.98. The van der Waals surface area contributed by atoms with Gasteiger partial charge in [-0.2, -0.15) is 4.98 Å². The third kappa shape index (κ3) is 2.71. The second kappa shape index (κ2) is 5.58. The van der Waals surface area contributed by atoms with Crippen LogP contribution in [0, 0.1) is 10.1 Å². The molecule has 0 radical (unpaired) electrons. The van der Waals surface area contributed by atoms with Crippen LogP contribution in [0.5, 0.6) is 0 Å². The Balaban J connectivity index is 0.00000161. The van der Waals surface area contributed by atoms with E-state index in [1.165, 1.54) is 18.2 Å². The van der Waals surface area contributed by atoms with Crippen LogP contribution in [0.3, 0.4) is 0 Å². The smallest absolute Gasteiger partial charge is 0.316 e. The summed E-state index contributed by atoms with van der Waals surface area (Å²) in [6, 6.07) is 3.80. The van der Waals surface area contributed by atoms with E-state index in [1.54, 1.807) is 0 Å². The molecule has 3 rings (SSSR count). The lowest BCUT2D eigenvalue weighted by atomic mass is 10.3. The van der Waals surface area contributed by atoms with E-state index in [4.69, 9.17) is 4.42 Å². The molecule has 1 atom stereocenters. The standard InChI is InChI=1S/C11H11N3O5S.ClH/c15-14(16)7-1-2-10-9(5-7)13-11(19-10)20(17,18)8-3-4-12-6-8;/h1-2,5,8,12H,3-4,6H2;1H/t8-;/m1./s1. The Morgan fingerprint density at radius 3 is 2.81 bits per heavy atom. The van der Waals surface area contributed by atoms with Crippen molar-refractivity contribution in [2.45, 2.75) is 16.9 Å². The van der Waals surface area contributed by atoms with E-state index in [1.807, 2.05) is 0 Å². The first kappa shape index (κ1) is 15.7. The van der Waals surface area contributed by atoms with Crippen LogP contribution in [0.25, 0.3) is 11.1 Å². The van der Waals surface area contributed by atoms with Gasteiger partial charge in [0, 0.05) is 18.7 Å². The zero-order valence-electron chi connectivity index (χ0n) is 10.7. The van der Waals surface area contributed by atoms with Gasteiger partial charge >= 0.3 is 5.22 Å². The molecule has 0 unspecified atom stereocenters. The fraction of sp³-hybridized carbons (Fsp3) is 0.364. The summed E-state index contributed by atoms with van der Waals surface area (Å²) in [5.74, 6) is 0. The van der Waals surface area contributed by atoms with Crippen LogP contribution in [0.2, 0.25) is 0 Å². The number of nitrogens with zero attached hydrogens (tertiary/aromatic N) is 2. The van der Waals surface area contributed by atoms with Gasteiger partial charge in [-0.25, -0.2) is 8.42 Å². The Bertz CT molecular complexity index is 782. The SMILES string of the molecule is Cl.O=[N+]([O-])c1ccc2oc(S(=O)(=O)[C@@H]3CCNC3)nc2c1. The van der Waals surface area contributed by atoms with Crippen molar-refractivity contribution in [3.8, 4) is 0 Å². The van der Waals surface area contributed by atoms with Gasteiger partial charge in [0.2, 0.25) is 9.84 Å². The summed E-state index contributed by atoms with van der Waals surface area (Å²) in [6.45, 7) is 0.997. The van der Waals surface area contributed by atoms with Crippen molar-refractivity contribution in [3.63, 3.8) is 0 Å². The first-order valence-corrected chi connectivity index (χ1v) is 7.53. The molecular weight excluding hydrogens is 322 g/mol. The molecule has 1 fully saturated rings. The Morgan fingerprint density at radius 2 is 2.19 bits per heavy atom. The fourth-order valence-corrected chi connectivity index (χ4v) is 3.65. The van der Waals surface area contributed by atoms with Crippen LogP contribution in [-0.2, 0) is 9.84 Å². The van der Waals surface area contributed by atoms with Gasteiger partial charge in [-0.1, -0.05) is 0 Å². The maximum atomic E-state index is 12.3. The second-order valence-corrected chi connectivity index (χ2v) is 6.65. The largest absolute Gasteiger partial charge is 0.428 e. The Kier molecular flexibility index (Phi) is 4.17. The summed E-state index contributed by atoms with van der Waals surface area (Å²) in [4.78, 5) is 14.0. The van der Waals surface area contributed by atoms with Gasteiger partial charge in [0.1, 0.15) is 5.52 Å². The van der Waals surface area contributed by atoms with Gasteiger partial charge in [0.05, 0.1) is 10.2 Å². The number of hydrogen-bond donors (Lipinski definition) is 1. The van der Waals surface area contributed by atoms with E-state index in [9.17, 15) is 18.5 Å². The molecule has 1 aliphatic heterocycles. The van der Waals surface area contributed by atoms with Crippen molar-refractivity contribution in [1.82, 2.24) is 10.3 Å². The Morgan fingerprint density at radius 1 is 1.43 bits per heavy atom. The number of nitro benzene ring substituents is 1. The van der Waals surface area contributed by atoms with Crippen LogP contribution >= 0.6 is 12.4 Å². The van der Waals surface area contributed by atoms with E-state index >= 15 is 0 Å². The third-order valence-electron chi connectivity index (χ3n) is 3.26. The van der Waals surface area contributed by atoms with Crippen molar-refractivity contribution >= 4 is 39.0 Å². The number of aromatic nitrogens is 1. The topological polar surface area (TPSA) is 115 Å². The molecule has 1 aliphatic rings. The number of non-ortho nitro benzene ring substituents is 1. The highest BCUT2D eigenvalue weighted by Gasteiger charge is 2.34. The highest BCUT2D eigenvalue weighted by Crippen LogP contribution is 2.26. The van der Waals surface area contributed by atoms with Crippen LogP contribution in [0.1, 0.15) is 6.42 Å². The fourth-order valence-electron chi connectivity index (χ4n) is 2.17. The van der Waals surface area contributed by atoms with E-state index < -0.39 is 20.0 Å². The van der Waals surface area contributed by atoms with Crippen LogP contribution < -0.4 is 5.32 Å². The number of sulfone groups is 1. The summed E-state index contributed by atoms with van der Waals surface area (Å²) < 4.78 is 29.8. The average Bonchev–Trinajstić information content (AvgIpc) is 3.07. The van der Waals surface area contributed by atoms with Gasteiger partial charge in [0.25, 0.3) is 5.69 Å². The molecule has 2 aromatic rings. The molecule has 0 aliphatic carbocycles. The number of nitrogens with one attached hydrogen (secondary N) is 1. The monoisotopic (exact) mass is 333 g/mol. The third-order valence-corrected chi connectivity index (χ3v) is 5.20. The molecule has 2 heterocycles. The van der Waals surface area contributed by atoms with Gasteiger partial charge in [0.15, 0.2) is 5.58 Å². The van der Waals surface area contributed by atoms with E-state index in [0.717, 1.165) is 0 Å². The summed E-state index contributed by atoms with van der Waals surface area (Å²) in [7, 11) is -3.64. The Labute approximate surface area is 126 Å². The van der Waals surface area contributed by atoms with Gasteiger partial charge in [-0.05, 0) is 19.0 Å². The Hall–Kier alpha value is -1.71. The highest BCUT2D eigenvalue weighted by atomic mass is 35.5. The van der Waals surface area contributed by atoms with Crippen molar-refractivity contribution in [2.75, 3.05) is 13.1 Å². The molecule has 0 spiro atoms. The number of hydrogen-bond acceptors (Lipinski definition) is 7.